The SMILES string of the molecule is C=C1c2cc3c(cc2CCN1C(=O)c1cc(Cl)cc(Cl)c1)OCCCO3. The molecule has 0 saturated carbocycles. The Balaban J connectivity index is 1.67. The van der Waals surface area contributed by atoms with E-state index in [1.165, 1.54) is 0 Å². The molecule has 2 aliphatic rings. The Kier molecular flexibility index (Phi) is 4.55. The third-order valence-corrected chi connectivity index (χ3v) is 5.01. The van der Waals surface area contributed by atoms with E-state index in [0.717, 1.165) is 23.3 Å². The quantitative estimate of drug-likeness (QED) is 0.701. The molecule has 0 aliphatic carbocycles. The van der Waals surface area contributed by atoms with E-state index in [1.807, 2.05) is 12.1 Å². The summed E-state index contributed by atoms with van der Waals surface area (Å²) in [6.45, 7) is 5.94. The molecule has 0 spiro atoms. The largest absolute Gasteiger partial charge is 0.490 e. The predicted octanol–water partition coefficient (Wildman–Crippen LogP) is 4.82. The summed E-state index contributed by atoms with van der Waals surface area (Å²) in [6.07, 6.45) is 1.56. The number of nitrogens with zero attached hydrogens (tertiary/aromatic N) is 1. The summed E-state index contributed by atoms with van der Waals surface area (Å²) in [4.78, 5) is 14.6. The molecular weight excluding hydrogens is 373 g/mol. The van der Waals surface area contributed by atoms with Crippen LogP contribution in [0.5, 0.6) is 11.5 Å². The second-order valence-electron chi connectivity index (χ2n) is 6.32. The summed E-state index contributed by atoms with van der Waals surface area (Å²) in [5.41, 5.74) is 3.10. The molecule has 2 aromatic carbocycles. The zero-order chi connectivity index (χ0) is 18.3. The number of hydrogen-bond donors (Lipinski definition) is 0. The van der Waals surface area contributed by atoms with Crippen LogP contribution in [0.2, 0.25) is 10.0 Å². The first-order valence-corrected chi connectivity index (χ1v) is 9.18. The second kappa shape index (κ2) is 6.86. The predicted molar refractivity (Wildman–Crippen MR) is 102 cm³/mol. The van der Waals surface area contributed by atoms with Crippen LogP contribution in [0.3, 0.4) is 0 Å². The van der Waals surface area contributed by atoms with Gasteiger partial charge in [-0.3, -0.25) is 4.79 Å². The fraction of sp³-hybridized carbons (Fsp3) is 0.250. The Morgan fingerprint density at radius 2 is 1.65 bits per heavy atom. The van der Waals surface area contributed by atoms with Gasteiger partial charge >= 0.3 is 0 Å². The summed E-state index contributed by atoms with van der Waals surface area (Å²) >= 11 is 12.1. The van der Waals surface area contributed by atoms with Crippen LogP contribution in [0.1, 0.15) is 27.9 Å². The molecule has 0 aromatic heterocycles. The minimum absolute atomic E-state index is 0.169. The molecule has 0 fully saturated rings. The lowest BCUT2D eigenvalue weighted by molar-refractivity contribution is 0.0833. The third kappa shape index (κ3) is 3.15. The summed E-state index contributed by atoms with van der Waals surface area (Å²) in [7, 11) is 0. The molecule has 1 amide bonds. The Labute approximate surface area is 161 Å². The van der Waals surface area contributed by atoms with Crippen LogP contribution >= 0.6 is 23.2 Å². The number of benzene rings is 2. The van der Waals surface area contributed by atoms with E-state index >= 15 is 0 Å². The lowest BCUT2D eigenvalue weighted by atomic mass is 9.95. The Hall–Kier alpha value is -2.17. The first-order chi connectivity index (χ1) is 12.5. The van der Waals surface area contributed by atoms with Gasteiger partial charge in [0.1, 0.15) is 0 Å². The molecule has 0 bridgehead atoms. The van der Waals surface area contributed by atoms with Crippen LogP contribution in [0.4, 0.5) is 0 Å². The van der Waals surface area contributed by atoms with Crippen molar-refractivity contribution in [3.8, 4) is 11.5 Å². The topological polar surface area (TPSA) is 38.8 Å². The number of hydrogen-bond acceptors (Lipinski definition) is 3. The smallest absolute Gasteiger partial charge is 0.258 e. The molecule has 0 atom stereocenters. The van der Waals surface area contributed by atoms with Gasteiger partial charge in [-0.05, 0) is 42.3 Å². The van der Waals surface area contributed by atoms with E-state index in [0.29, 0.717) is 53.2 Å². The number of carbonyl (C=O) groups excluding carboxylic acids is 1. The summed E-state index contributed by atoms with van der Waals surface area (Å²) in [5.74, 6) is 1.29. The molecule has 0 saturated heterocycles. The van der Waals surface area contributed by atoms with Gasteiger partial charge in [0.25, 0.3) is 5.91 Å². The highest BCUT2D eigenvalue weighted by molar-refractivity contribution is 6.35. The first kappa shape index (κ1) is 17.3. The van der Waals surface area contributed by atoms with Gasteiger partial charge in [0, 0.05) is 39.8 Å². The number of ether oxygens (including phenoxy) is 2. The van der Waals surface area contributed by atoms with E-state index < -0.39 is 0 Å². The third-order valence-electron chi connectivity index (χ3n) is 4.57. The van der Waals surface area contributed by atoms with Crippen molar-refractivity contribution in [2.45, 2.75) is 12.8 Å². The maximum absolute atomic E-state index is 13.0. The van der Waals surface area contributed by atoms with E-state index in [9.17, 15) is 4.79 Å². The molecule has 2 aliphatic heterocycles. The summed E-state index contributed by atoms with van der Waals surface area (Å²) in [5, 5.41) is 0.861. The van der Waals surface area contributed by atoms with Crippen molar-refractivity contribution in [3.05, 3.63) is 63.6 Å². The van der Waals surface area contributed by atoms with Gasteiger partial charge in [-0.1, -0.05) is 29.8 Å². The molecule has 0 radical (unpaired) electrons. The molecule has 2 aromatic rings. The monoisotopic (exact) mass is 389 g/mol. The van der Waals surface area contributed by atoms with Gasteiger partial charge in [-0.2, -0.15) is 0 Å². The van der Waals surface area contributed by atoms with Gasteiger partial charge in [-0.15, -0.1) is 0 Å². The lowest BCUT2D eigenvalue weighted by Gasteiger charge is -2.31. The highest BCUT2D eigenvalue weighted by Crippen LogP contribution is 2.38. The molecule has 6 heteroatoms. The molecule has 134 valence electrons. The normalized spacial score (nSPS) is 16.1. The van der Waals surface area contributed by atoms with E-state index in [-0.39, 0.29) is 5.91 Å². The van der Waals surface area contributed by atoms with E-state index in [2.05, 4.69) is 6.58 Å². The van der Waals surface area contributed by atoms with Crippen LogP contribution in [-0.4, -0.2) is 30.6 Å². The average Bonchev–Trinajstić information content (AvgIpc) is 2.84. The standard InChI is InChI=1S/C20H17Cl2NO3/c1-12-17-11-19-18(25-5-2-6-26-19)9-13(17)3-4-23(12)20(24)14-7-15(21)10-16(22)8-14/h7-11H,1-6H2. The zero-order valence-electron chi connectivity index (χ0n) is 14.1. The number of rotatable bonds is 1. The first-order valence-electron chi connectivity index (χ1n) is 8.42. The fourth-order valence-electron chi connectivity index (χ4n) is 3.30. The number of fused-ring (bicyclic) bond motifs is 2. The van der Waals surface area contributed by atoms with Crippen molar-refractivity contribution in [3.63, 3.8) is 0 Å². The summed E-state index contributed by atoms with van der Waals surface area (Å²) < 4.78 is 11.5. The number of amides is 1. The fourth-order valence-corrected chi connectivity index (χ4v) is 3.82. The average molecular weight is 390 g/mol. The van der Waals surface area contributed by atoms with Crippen molar-refractivity contribution in [2.24, 2.45) is 0 Å². The minimum Gasteiger partial charge on any atom is -0.490 e. The maximum Gasteiger partial charge on any atom is 0.258 e. The molecule has 4 rings (SSSR count). The van der Waals surface area contributed by atoms with E-state index in [4.69, 9.17) is 32.7 Å². The molecule has 2 heterocycles. The minimum atomic E-state index is -0.169. The van der Waals surface area contributed by atoms with Crippen LogP contribution in [-0.2, 0) is 6.42 Å². The Morgan fingerprint density at radius 1 is 1.00 bits per heavy atom. The Bertz CT molecular complexity index is 890. The van der Waals surface area contributed by atoms with Crippen LogP contribution in [0, 0.1) is 0 Å². The van der Waals surface area contributed by atoms with Gasteiger partial charge in [0.15, 0.2) is 11.5 Å². The maximum atomic E-state index is 13.0. The van der Waals surface area contributed by atoms with Crippen LogP contribution < -0.4 is 9.47 Å². The van der Waals surface area contributed by atoms with Crippen molar-refractivity contribution in [1.82, 2.24) is 4.90 Å². The van der Waals surface area contributed by atoms with Gasteiger partial charge in [0.05, 0.1) is 13.2 Å². The molecule has 4 nitrogen and oxygen atoms in total. The zero-order valence-corrected chi connectivity index (χ0v) is 15.6. The van der Waals surface area contributed by atoms with Crippen molar-refractivity contribution < 1.29 is 14.3 Å². The Morgan fingerprint density at radius 3 is 2.35 bits per heavy atom. The highest BCUT2D eigenvalue weighted by Gasteiger charge is 2.28. The van der Waals surface area contributed by atoms with Crippen molar-refractivity contribution >= 4 is 34.8 Å². The summed E-state index contributed by atoms with van der Waals surface area (Å²) in [6, 6.07) is 8.76. The van der Waals surface area contributed by atoms with Crippen LogP contribution in [0.25, 0.3) is 5.70 Å². The van der Waals surface area contributed by atoms with Gasteiger partial charge in [0.2, 0.25) is 0 Å². The number of carbonyl (C=O) groups is 1. The second-order valence-corrected chi connectivity index (χ2v) is 7.19. The van der Waals surface area contributed by atoms with Gasteiger partial charge < -0.3 is 14.4 Å². The molecular formula is C20H17Cl2NO3. The molecule has 0 N–H and O–H groups in total. The van der Waals surface area contributed by atoms with Crippen molar-refractivity contribution in [2.75, 3.05) is 19.8 Å². The van der Waals surface area contributed by atoms with Crippen LogP contribution in [0.15, 0.2) is 36.9 Å². The number of halogens is 2. The molecule has 26 heavy (non-hydrogen) atoms. The van der Waals surface area contributed by atoms with Crippen molar-refractivity contribution in [1.29, 1.82) is 0 Å². The van der Waals surface area contributed by atoms with E-state index in [1.54, 1.807) is 23.1 Å². The molecule has 0 unspecified atom stereocenters. The van der Waals surface area contributed by atoms with Gasteiger partial charge in [-0.25, -0.2) is 0 Å². The lowest BCUT2D eigenvalue weighted by Crippen LogP contribution is -2.34. The highest BCUT2D eigenvalue weighted by atomic mass is 35.5.